The van der Waals surface area contributed by atoms with Crippen LogP contribution in [0.2, 0.25) is 0 Å². The highest BCUT2D eigenvalue weighted by molar-refractivity contribution is 8.00. The molecule has 90 valence electrons. The maximum Gasteiger partial charge on any atom is 0.0741 e. The summed E-state index contributed by atoms with van der Waals surface area (Å²) in [5, 5.41) is 19.9. The predicted octanol–water partition coefficient (Wildman–Crippen LogP) is 2.69. The Balaban J connectivity index is 2.89. The van der Waals surface area contributed by atoms with E-state index in [0.29, 0.717) is 0 Å². The molecule has 0 bridgehead atoms. The van der Waals surface area contributed by atoms with Gasteiger partial charge >= 0.3 is 0 Å². The van der Waals surface area contributed by atoms with Crippen molar-refractivity contribution in [2.24, 2.45) is 0 Å². The molecule has 1 rings (SSSR count). The summed E-state index contributed by atoms with van der Waals surface area (Å²) in [6.07, 6.45) is 0. The van der Waals surface area contributed by atoms with Gasteiger partial charge in [0.1, 0.15) is 0 Å². The monoisotopic (exact) mass is 240 g/mol. The lowest BCUT2D eigenvalue weighted by Gasteiger charge is -2.37. The van der Waals surface area contributed by atoms with Gasteiger partial charge in [-0.3, -0.25) is 0 Å². The normalized spacial score (nSPS) is 13.2. The van der Waals surface area contributed by atoms with Gasteiger partial charge in [-0.25, -0.2) is 0 Å². The van der Waals surface area contributed by atoms with Crippen LogP contribution in [0.15, 0.2) is 35.2 Å². The number of hydrogen-bond acceptors (Lipinski definition) is 3. The maximum atomic E-state index is 10.1. The standard InChI is InChI=1S/C13H20O2S/c1-12(2,14)11(13(3,4)15)16-10-8-6-5-7-9-10/h5-9,11,14-15H,1-4H3. The molecule has 16 heavy (non-hydrogen) atoms. The molecular formula is C13H20O2S. The third-order valence-corrected chi connectivity index (χ3v) is 4.21. The minimum Gasteiger partial charge on any atom is -0.389 e. The summed E-state index contributed by atoms with van der Waals surface area (Å²) < 4.78 is 0. The molecule has 0 atom stereocenters. The summed E-state index contributed by atoms with van der Waals surface area (Å²) in [6, 6.07) is 9.82. The van der Waals surface area contributed by atoms with Gasteiger partial charge in [0.2, 0.25) is 0 Å². The Morgan fingerprint density at radius 1 is 0.938 bits per heavy atom. The fourth-order valence-corrected chi connectivity index (χ4v) is 2.95. The highest BCUT2D eigenvalue weighted by Crippen LogP contribution is 2.36. The van der Waals surface area contributed by atoms with Crippen molar-refractivity contribution >= 4 is 11.8 Å². The van der Waals surface area contributed by atoms with E-state index in [1.165, 1.54) is 11.8 Å². The number of rotatable bonds is 4. The van der Waals surface area contributed by atoms with Gasteiger partial charge < -0.3 is 10.2 Å². The Labute approximate surface area is 102 Å². The lowest BCUT2D eigenvalue weighted by atomic mass is 9.92. The van der Waals surface area contributed by atoms with Crippen molar-refractivity contribution in [1.82, 2.24) is 0 Å². The van der Waals surface area contributed by atoms with Gasteiger partial charge in [0.05, 0.1) is 16.5 Å². The quantitative estimate of drug-likeness (QED) is 0.795. The van der Waals surface area contributed by atoms with E-state index in [1.807, 2.05) is 30.3 Å². The van der Waals surface area contributed by atoms with E-state index in [4.69, 9.17) is 0 Å². The first-order valence-electron chi connectivity index (χ1n) is 5.38. The minimum atomic E-state index is -0.932. The van der Waals surface area contributed by atoms with E-state index >= 15 is 0 Å². The summed E-state index contributed by atoms with van der Waals surface area (Å²) in [4.78, 5) is 1.05. The third kappa shape index (κ3) is 3.81. The lowest BCUT2D eigenvalue weighted by molar-refractivity contribution is -0.0156. The molecule has 0 radical (unpaired) electrons. The largest absolute Gasteiger partial charge is 0.389 e. The minimum absolute atomic E-state index is 0.276. The molecule has 0 amide bonds. The van der Waals surface area contributed by atoms with Crippen molar-refractivity contribution in [3.63, 3.8) is 0 Å². The van der Waals surface area contributed by atoms with Gasteiger partial charge in [0.15, 0.2) is 0 Å². The van der Waals surface area contributed by atoms with Gasteiger partial charge in [-0.2, -0.15) is 0 Å². The summed E-state index contributed by atoms with van der Waals surface area (Å²) in [6.45, 7) is 6.91. The molecule has 3 heteroatoms. The third-order valence-electron chi connectivity index (χ3n) is 2.28. The highest BCUT2D eigenvalue weighted by atomic mass is 32.2. The molecule has 0 spiro atoms. The lowest BCUT2D eigenvalue weighted by Crippen LogP contribution is -2.48. The van der Waals surface area contributed by atoms with Crippen molar-refractivity contribution in [2.45, 2.75) is 49.0 Å². The Hall–Kier alpha value is -0.510. The Bertz CT molecular complexity index is 308. The van der Waals surface area contributed by atoms with E-state index in [-0.39, 0.29) is 5.25 Å². The zero-order valence-corrected chi connectivity index (χ0v) is 11.1. The topological polar surface area (TPSA) is 40.5 Å². The van der Waals surface area contributed by atoms with Crippen LogP contribution < -0.4 is 0 Å². The molecule has 1 aromatic rings. The van der Waals surface area contributed by atoms with Crippen LogP contribution in [0.1, 0.15) is 27.7 Å². The van der Waals surface area contributed by atoms with Crippen molar-refractivity contribution < 1.29 is 10.2 Å². The van der Waals surface area contributed by atoms with E-state index in [1.54, 1.807) is 27.7 Å². The fourth-order valence-electron chi connectivity index (χ4n) is 1.79. The Morgan fingerprint density at radius 3 is 1.75 bits per heavy atom. The zero-order valence-electron chi connectivity index (χ0n) is 10.3. The Kier molecular flexibility index (Phi) is 4.05. The smallest absolute Gasteiger partial charge is 0.0741 e. The maximum absolute atomic E-state index is 10.1. The van der Waals surface area contributed by atoms with Gasteiger partial charge in [0, 0.05) is 4.90 Å². The van der Waals surface area contributed by atoms with Crippen LogP contribution in [-0.4, -0.2) is 26.7 Å². The SMILES string of the molecule is CC(C)(O)C(Sc1ccccc1)C(C)(C)O. The molecule has 1 aromatic carbocycles. The molecule has 0 aliphatic heterocycles. The van der Waals surface area contributed by atoms with Crippen LogP contribution in [0.4, 0.5) is 0 Å². The molecule has 0 aromatic heterocycles. The first-order valence-corrected chi connectivity index (χ1v) is 6.25. The number of aliphatic hydroxyl groups is 2. The molecule has 0 unspecified atom stereocenters. The molecule has 2 N–H and O–H groups in total. The second kappa shape index (κ2) is 4.78. The predicted molar refractivity (Wildman–Crippen MR) is 68.7 cm³/mol. The van der Waals surface area contributed by atoms with Crippen LogP contribution in [-0.2, 0) is 0 Å². The van der Waals surface area contributed by atoms with Crippen LogP contribution in [0.25, 0.3) is 0 Å². The van der Waals surface area contributed by atoms with Crippen molar-refractivity contribution in [1.29, 1.82) is 0 Å². The van der Waals surface area contributed by atoms with Crippen LogP contribution in [0, 0.1) is 0 Å². The number of thioether (sulfide) groups is 1. The van der Waals surface area contributed by atoms with Gasteiger partial charge in [-0.1, -0.05) is 18.2 Å². The molecule has 0 fully saturated rings. The van der Waals surface area contributed by atoms with E-state index in [9.17, 15) is 10.2 Å². The summed E-state index contributed by atoms with van der Waals surface area (Å²) in [5.74, 6) is 0. The van der Waals surface area contributed by atoms with Gasteiger partial charge in [0.25, 0.3) is 0 Å². The van der Waals surface area contributed by atoms with Crippen molar-refractivity contribution in [3.05, 3.63) is 30.3 Å². The summed E-state index contributed by atoms with van der Waals surface area (Å²) >= 11 is 1.50. The molecule has 0 aliphatic rings. The van der Waals surface area contributed by atoms with E-state index < -0.39 is 11.2 Å². The average molecular weight is 240 g/mol. The molecule has 0 saturated heterocycles. The second-order valence-electron chi connectivity index (χ2n) is 5.12. The van der Waals surface area contributed by atoms with Crippen molar-refractivity contribution in [3.8, 4) is 0 Å². The summed E-state index contributed by atoms with van der Waals surface area (Å²) in [5.41, 5.74) is -1.86. The Morgan fingerprint density at radius 2 is 1.38 bits per heavy atom. The fraction of sp³-hybridized carbons (Fsp3) is 0.538. The molecule has 0 heterocycles. The highest BCUT2D eigenvalue weighted by Gasteiger charge is 2.39. The van der Waals surface area contributed by atoms with Gasteiger partial charge in [-0.15, -0.1) is 11.8 Å². The molecule has 0 aliphatic carbocycles. The van der Waals surface area contributed by atoms with Crippen LogP contribution in [0.3, 0.4) is 0 Å². The first kappa shape index (κ1) is 13.6. The average Bonchev–Trinajstić information content (AvgIpc) is 2.12. The van der Waals surface area contributed by atoms with Crippen LogP contribution in [0.5, 0.6) is 0 Å². The second-order valence-corrected chi connectivity index (χ2v) is 6.30. The van der Waals surface area contributed by atoms with E-state index in [0.717, 1.165) is 4.90 Å². The summed E-state index contributed by atoms with van der Waals surface area (Å²) in [7, 11) is 0. The van der Waals surface area contributed by atoms with Crippen LogP contribution >= 0.6 is 11.8 Å². The zero-order chi connectivity index (χ0) is 12.4. The number of benzene rings is 1. The number of hydrogen-bond donors (Lipinski definition) is 2. The molecule has 0 saturated carbocycles. The van der Waals surface area contributed by atoms with Crippen molar-refractivity contribution in [2.75, 3.05) is 0 Å². The van der Waals surface area contributed by atoms with Gasteiger partial charge in [-0.05, 0) is 39.8 Å². The molecule has 2 nitrogen and oxygen atoms in total. The van der Waals surface area contributed by atoms with E-state index in [2.05, 4.69) is 0 Å². The first-order chi connectivity index (χ1) is 7.21. The molecular weight excluding hydrogens is 220 g/mol.